The molecule has 3 aromatic carbocycles. The zero-order chi connectivity index (χ0) is 20.8. The van der Waals surface area contributed by atoms with Crippen LogP contribution < -0.4 is 16.0 Å². The van der Waals surface area contributed by atoms with Crippen LogP contribution in [0.1, 0.15) is 10.4 Å². The molecule has 1 aromatic heterocycles. The summed E-state index contributed by atoms with van der Waals surface area (Å²) in [7, 11) is -3.96. The molecule has 0 saturated heterocycles. The lowest BCUT2D eigenvalue weighted by Gasteiger charge is -2.10. The van der Waals surface area contributed by atoms with Gasteiger partial charge in [-0.2, -0.15) is 0 Å². The monoisotopic (exact) mass is 410 g/mol. The van der Waals surface area contributed by atoms with E-state index in [1.807, 2.05) is 0 Å². The van der Waals surface area contributed by atoms with E-state index in [2.05, 4.69) is 14.7 Å². The zero-order valence-corrected chi connectivity index (χ0v) is 15.5. The minimum absolute atomic E-state index is 0.0106. The second-order valence-corrected chi connectivity index (χ2v) is 7.96. The third-order valence-corrected chi connectivity index (χ3v) is 5.77. The Morgan fingerprint density at radius 2 is 1.76 bits per heavy atom. The Bertz CT molecular complexity index is 1440. The van der Waals surface area contributed by atoms with E-state index in [0.29, 0.717) is 16.3 Å². The number of aromatic nitrogens is 2. The fourth-order valence-electron chi connectivity index (χ4n) is 3.03. The van der Waals surface area contributed by atoms with Crippen molar-refractivity contribution in [1.82, 2.24) is 9.97 Å². The Morgan fingerprint density at radius 3 is 2.45 bits per heavy atom. The molecule has 0 unspecified atom stereocenters. The van der Waals surface area contributed by atoms with E-state index in [9.17, 15) is 18.0 Å². The van der Waals surface area contributed by atoms with Crippen molar-refractivity contribution in [3.8, 4) is 0 Å². The van der Waals surface area contributed by atoms with E-state index in [4.69, 9.17) is 10.8 Å². The number of sulfonamides is 1. The van der Waals surface area contributed by atoms with Crippen molar-refractivity contribution in [2.75, 3.05) is 10.5 Å². The van der Waals surface area contributed by atoms with Gasteiger partial charge in [0.1, 0.15) is 0 Å². The number of hydrogen-bond acceptors (Lipinski definition) is 6. The van der Waals surface area contributed by atoms with Gasteiger partial charge >= 0.3 is 5.97 Å². The number of nitrogens with zero attached hydrogens (tertiary/aromatic N) is 1. The van der Waals surface area contributed by atoms with Crippen LogP contribution in [0, 0.1) is 0 Å². The lowest BCUT2D eigenvalue weighted by atomic mass is 10.1. The van der Waals surface area contributed by atoms with Crippen LogP contribution in [0.3, 0.4) is 0 Å². The third-order valence-electron chi connectivity index (χ3n) is 4.37. The number of benzene rings is 3. The number of nitrogen functional groups attached to an aromatic ring is 1. The van der Waals surface area contributed by atoms with Gasteiger partial charge in [-0.25, -0.2) is 18.2 Å². The fraction of sp³-hybridized carbons (Fsp3) is 0. The van der Waals surface area contributed by atoms with Crippen molar-refractivity contribution in [2.24, 2.45) is 0 Å². The van der Waals surface area contributed by atoms with Gasteiger partial charge in [-0.05, 0) is 53.2 Å². The molecule has 4 rings (SSSR count). The largest absolute Gasteiger partial charge is 0.478 e. The smallest absolute Gasteiger partial charge is 0.335 e. The first kappa shape index (κ1) is 18.4. The number of rotatable bonds is 4. The van der Waals surface area contributed by atoms with Gasteiger partial charge < -0.3 is 10.8 Å². The summed E-state index contributed by atoms with van der Waals surface area (Å²) < 4.78 is 27.7. The Hall–Kier alpha value is -3.92. The first-order valence-electron chi connectivity index (χ1n) is 8.33. The number of aromatic carboxylic acids is 1. The molecule has 0 aliphatic carbocycles. The van der Waals surface area contributed by atoms with E-state index >= 15 is 0 Å². The quantitative estimate of drug-likeness (QED) is 0.376. The minimum Gasteiger partial charge on any atom is -0.478 e. The molecule has 9 nitrogen and oxygen atoms in total. The summed E-state index contributed by atoms with van der Waals surface area (Å²) in [6.07, 6.45) is 0. The topological polar surface area (TPSA) is 155 Å². The van der Waals surface area contributed by atoms with Crippen LogP contribution in [-0.2, 0) is 10.0 Å². The van der Waals surface area contributed by atoms with E-state index < -0.39 is 21.6 Å². The predicted molar refractivity (Wildman–Crippen MR) is 108 cm³/mol. The molecule has 146 valence electrons. The summed E-state index contributed by atoms with van der Waals surface area (Å²) in [5, 5.41) is 10.5. The van der Waals surface area contributed by atoms with Crippen molar-refractivity contribution >= 4 is 49.3 Å². The molecule has 0 saturated carbocycles. The van der Waals surface area contributed by atoms with E-state index in [0.717, 1.165) is 5.39 Å². The zero-order valence-electron chi connectivity index (χ0n) is 14.7. The third kappa shape index (κ3) is 3.36. The number of aromatic amines is 1. The van der Waals surface area contributed by atoms with Gasteiger partial charge in [-0.1, -0.05) is 12.1 Å². The number of anilines is 2. The molecule has 0 atom stereocenters. The molecule has 1 heterocycles. The van der Waals surface area contributed by atoms with Gasteiger partial charge in [0.25, 0.3) is 15.6 Å². The highest BCUT2D eigenvalue weighted by Gasteiger charge is 2.16. The molecule has 4 aromatic rings. The molecule has 0 bridgehead atoms. The van der Waals surface area contributed by atoms with Crippen molar-refractivity contribution in [1.29, 1.82) is 0 Å². The van der Waals surface area contributed by atoms with Crippen molar-refractivity contribution < 1.29 is 18.3 Å². The Balaban J connectivity index is 1.79. The number of H-pyrrole nitrogens is 1. The van der Waals surface area contributed by atoms with Crippen LogP contribution in [0.25, 0.3) is 21.7 Å². The number of fused-ring (bicyclic) bond motifs is 3. The average Bonchev–Trinajstić information content (AvgIpc) is 2.67. The van der Waals surface area contributed by atoms with Gasteiger partial charge in [0, 0.05) is 5.69 Å². The van der Waals surface area contributed by atoms with Crippen LogP contribution in [0.5, 0.6) is 0 Å². The molecule has 0 aliphatic heterocycles. The predicted octanol–water partition coefficient (Wildman–Crippen LogP) is 2.16. The summed E-state index contributed by atoms with van der Waals surface area (Å²) in [5.74, 6) is -1.16. The summed E-state index contributed by atoms with van der Waals surface area (Å²) in [4.78, 5) is 29.7. The van der Waals surface area contributed by atoms with E-state index in [-0.39, 0.29) is 22.1 Å². The van der Waals surface area contributed by atoms with Crippen LogP contribution in [0.4, 0.5) is 11.6 Å². The number of nitrogens with one attached hydrogen (secondary N) is 2. The minimum atomic E-state index is -3.96. The molecule has 0 aliphatic rings. The summed E-state index contributed by atoms with van der Waals surface area (Å²) >= 11 is 0. The molecular formula is C19H14N4O5S. The Kier molecular flexibility index (Phi) is 4.20. The summed E-state index contributed by atoms with van der Waals surface area (Å²) in [6.45, 7) is 0. The lowest BCUT2D eigenvalue weighted by molar-refractivity contribution is 0.0696. The molecule has 0 radical (unpaired) electrons. The highest BCUT2D eigenvalue weighted by atomic mass is 32.2. The first-order valence-corrected chi connectivity index (χ1v) is 9.81. The van der Waals surface area contributed by atoms with Crippen molar-refractivity contribution in [3.63, 3.8) is 0 Å². The second-order valence-electron chi connectivity index (χ2n) is 6.28. The van der Waals surface area contributed by atoms with E-state index in [1.165, 1.54) is 30.3 Å². The number of carbonyl (C=O) groups is 1. The number of nitrogens with two attached hydrogens (primary N) is 1. The standard InChI is InChI=1S/C19H14N4O5S/c20-19-21-15-8-4-10-1-5-12(9-14(10)16(15)17(24)22-19)23-29(27,28)13-6-2-11(3-7-13)18(25)26/h1-9,23H,(H,25,26)(H3,20,21,22,24). The molecule has 0 fully saturated rings. The SMILES string of the molecule is Nc1nc2ccc3ccc(NS(=O)(=O)c4ccc(C(=O)O)cc4)cc3c2c(=O)[nH]1. The van der Waals surface area contributed by atoms with Gasteiger partial charge in [-0.3, -0.25) is 14.5 Å². The maximum atomic E-state index is 12.6. The van der Waals surface area contributed by atoms with Crippen LogP contribution in [0.2, 0.25) is 0 Å². The number of hydrogen-bond donors (Lipinski definition) is 4. The molecule has 10 heteroatoms. The second kappa shape index (κ2) is 6.60. The highest BCUT2D eigenvalue weighted by molar-refractivity contribution is 7.92. The van der Waals surface area contributed by atoms with Crippen LogP contribution in [0.15, 0.2) is 64.3 Å². The molecule has 0 spiro atoms. The summed E-state index contributed by atoms with van der Waals surface area (Å²) in [5.41, 5.74) is 5.76. The molecule has 29 heavy (non-hydrogen) atoms. The lowest BCUT2D eigenvalue weighted by Crippen LogP contribution is -2.14. The normalized spacial score (nSPS) is 11.6. The number of carboxylic acid groups (broad SMARTS) is 1. The van der Waals surface area contributed by atoms with Crippen LogP contribution in [-0.4, -0.2) is 29.5 Å². The summed E-state index contributed by atoms with van der Waals surface area (Å²) in [6, 6.07) is 13.0. The van der Waals surface area contributed by atoms with E-state index in [1.54, 1.807) is 24.3 Å². The van der Waals surface area contributed by atoms with Crippen molar-refractivity contribution in [3.05, 3.63) is 70.5 Å². The maximum Gasteiger partial charge on any atom is 0.335 e. The fourth-order valence-corrected chi connectivity index (χ4v) is 4.08. The number of carboxylic acids is 1. The molecule has 0 amide bonds. The highest BCUT2D eigenvalue weighted by Crippen LogP contribution is 2.26. The Labute approximate surface area is 163 Å². The van der Waals surface area contributed by atoms with Gasteiger partial charge in [0.05, 0.1) is 21.4 Å². The van der Waals surface area contributed by atoms with Crippen molar-refractivity contribution in [2.45, 2.75) is 4.90 Å². The molecule has 5 N–H and O–H groups in total. The van der Waals surface area contributed by atoms with Gasteiger partial charge in [0.2, 0.25) is 5.95 Å². The molecular weight excluding hydrogens is 396 g/mol. The first-order chi connectivity index (χ1) is 13.7. The van der Waals surface area contributed by atoms with Gasteiger partial charge in [-0.15, -0.1) is 0 Å². The average molecular weight is 410 g/mol. The maximum absolute atomic E-state index is 12.6. The van der Waals surface area contributed by atoms with Gasteiger partial charge in [0.15, 0.2) is 0 Å². The Morgan fingerprint density at radius 1 is 1.07 bits per heavy atom. The van der Waals surface area contributed by atoms with Crippen LogP contribution >= 0.6 is 0 Å².